The molecule has 1 fully saturated rings. The summed E-state index contributed by atoms with van der Waals surface area (Å²) in [6, 6.07) is 6.11. The molecule has 0 spiro atoms. The Labute approximate surface area is 226 Å². The highest BCUT2D eigenvalue weighted by atomic mass is 32.1. The van der Waals surface area contributed by atoms with E-state index in [9.17, 15) is 36.2 Å². The lowest BCUT2D eigenvalue weighted by molar-refractivity contribution is -0.143. The fraction of sp³-hybridized carbons (Fsp3) is 0.346. The van der Waals surface area contributed by atoms with Crippen molar-refractivity contribution in [2.45, 2.75) is 43.7 Å². The highest BCUT2D eigenvalue weighted by Gasteiger charge is 2.38. The molecule has 3 aromatic rings. The summed E-state index contributed by atoms with van der Waals surface area (Å²) in [5.41, 5.74) is 2.89. The van der Waals surface area contributed by atoms with Gasteiger partial charge in [0.1, 0.15) is 0 Å². The molecular weight excluding hydrogens is 562 g/mol. The number of ether oxygens (including phenoxy) is 1. The van der Waals surface area contributed by atoms with Crippen LogP contribution in [0.5, 0.6) is 5.88 Å². The van der Waals surface area contributed by atoms with Crippen molar-refractivity contribution in [2.75, 3.05) is 13.2 Å². The first-order valence-corrected chi connectivity index (χ1v) is 12.9. The van der Waals surface area contributed by atoms with Crippen LogP contribution in [0.4, 0.5) is 26.3 Å². The number of rotatable bonds is 5. The number of benzene rings is 2. The van der Waals surface area contributed by atoms with E-state index >= 15 is 0 Å². The van der Waals surface area contributed by atoms with E-state index in [-0.39, 0.29) is 23.1 Å². The third kappa shape index (κ3) is 5.56. The van der Waals surface area contributed by atoms with E-state index in [1.54, 1.807) is 18.2 Å². The van der Waals surface area contributed by atoms with Crippen LogP contribution in [-0.4, -0.2) is 34.6 Å². The van der Waals surface area contributed by atoms with Crippen LogP contribution in [0.3, 0.4) is 0 Å². The van der Waals surface area contributed by atoms with Gasteiger partial charge < -0.3 is 15.6 Å². The first-order valence-electron chi connectivity index (χ1n) is 12.1. The van der Waals surface area contributed by atoms with Crippen molar-refractivity contribution in [3.8, 4) is 5.88 Å². The van der Waals surface area contributed by atoms with E-state index < -0.39 is 51.8 Å². The Morgan fingerprint density at radius 1 is 1.07 bits per heavy atom. The summed E-state index contributed by atoms with van der Waals surface area (Å²) in [6.07, 6.45) is -8.32. The number of aromatic nitrogens is 1. The van der Waals surface area contributed by atoms with Gasteiger partial charge in [0.15, 0.2) is 0 Å². The molecule has 3 N–H and O–H groups in total. The Bertz CT molecular complexity index is 1670. The van der Waals surface area contributed by atoms with Gasteiger partial charge in [-0.05, 0) is 53.5 Å². The van der Waals surface area contributed by atoms with Gasteiger partial charge >= 0.3 is 17.2 Å². The van der Waals surface area contributed by atoms with Gasteiger partial charge in [-0.2, -0.15) is 36.5 Å². The minimum Gasteiger partial charge on any atom is -0.493 e. The van der Waals surface area contributed by atoms with E-state index in [0.29, 0.717) is 59.6 Å². The fourth-order valence-corrected chi connectivity index (χ4v) is 5.70. The monoisotopic (exact) mass is 584 g/mol. The van der Waals surface area contributed by atoms with Gasteiger partial charge in [0.2, 0.25) is 5.88 Å². The summed E-state index contributed by atoms with van der Waals surface area (Å²) < 4.78 is 88.1. The number of aromatic hydroxyl groups is 1. The molecule has 0 unspecified atom stereocenters. The maximum Gasteiger partial charge on any atom is 0.416 e. The van der Waals surface area contributed by atoms with Crippen molar-refractivity contribution < 1.29 is 36.2 Å². The van der Waals surface area contributed by atoms with Gasteiger partial charge in [-0.25, -0.2) is 0 Å². The van der Waals surface area contributed by atoms with Crippen LogP contribution in [0, 0.1) is 0 Å². The number of alkyl halides is 6. The van der Waals surface area contributed by atoms with E-state index in [1.807, 2.05) is 0 Å². The number of halogens is 6. The maximum atomic E-state index is 14.0. The van der Waals surface area contributed by atoms with Crippen molar-refractivity contribution in [2.24, 2.45) is 15.9 Å². The first kappa shape index (κ1) is 28.1. The molecule has 0 aliphatic carbocycles. The van der Waals surface area contributed by atoms with Crippen LogP contribution < -0.4 is 21.2 Å². The maximum absolute atomic E-state index is 14.0. The Kier molecular flexibility index (Phi) is 7.13. The molecule has 2 aliphatic rings. The average Bonchev–Trinajstić information content (AvgIpc) is 3.46. The molecular formula is C26H22F6N4O3S. The third-order valence-electron chi connectivity index (χ3n) is 6.95. The molecule has 212 valence electrons. The molecule has 40 heavy (non-hydrogen) atoms. The third-order valence-corrected chi connectivity index (χ3v) is 7.98. The van der Waals surface area contributed by atoms with Gasteiger partial charge in [0, 0.05) is 37.3 Å². The number of thiazole rings is 1. The van der Waals surface area contributed by atoms with Gasteiger partial charge in [-0.1, -0.05) is 23.5 Å². The quantitative estimate of drug-likeness (QED) is 0.448. The molecule has 0 atom stereocenters. The van der Waals surface area contributed by atoms with Crippen molar-refractivity contribution in [1.29, 1.82) is 0 Å². The van der Waals surface area contributed by atoms with Gasteiger partial charge in [0.05, 0.1) is 27.6 Å². The molecule has 0 saturated carbocycles. The number of nitrogens with zero attached hydrogens (tertiary/aromatic N) is 3. The molecule has 0 bridgehead atoms. The standard InChI is InChI=1S/C26H22F6N4O3S/c27-25(28,29)17-3-1-15(19(11-17)26(30,31)32)10-18(14-2-4-20-16(9-14)12-34-35-20)21-22(37)36(23(38)40-21)13-24(33)5-7-39-8-6-24/h1-4,9,11-12,37H,5-8,10,13,33H2. The molecule has 2 aliphatic heterocycles. The summed E-state index contributed by atoms with van der Waals surface area (Å²) >= 11 is 0.620. The highest BCUT2D eigenvalue weighted by molar-refractivity contribution is 7.10. The molecule has 7 nitrogen and oxygen atoms in total. The SMILES string of the molecule is NC1(Cn2c(O)c(C(Cc3ccc(C(F)(F)F)cc3C(F)(F)F)=c3ccc4c(c3)C=NN=4)sc2=O)CCOCC1. The molecule has 3 heterocycles. The second-order valence-corrected chi connectivity index (χ2v) is 10.7. The predicted octanol–water partition coefficient (Wildman–Crippen LogP) is 3.57. The zero-order valence-electron chi connectivity index (χ0n) is 20.6. The summed E-state index contributed by atoms with van der Waals surface area (Å²) in [5, 5.41) is 19.8. The number of hydrogen-bond acceptors (Lipinski definition) is 7. The van der Waals surface area contributed by atoms with E-state index in [0.717, 1.165) is 10.6 Å². The van der Waals surface area contributed by atoms with Crippen LogP contribution in [0.1, 0.15) is 40.0 Å². The number of fused-ring (bicyclic) bond motifs is 1. The zero-order chi connectivity index (χ0) is 28.9. The summed E-state index contributed by atoms with van der Waals surface area (Å²) in [7, 11) is 0. The van der Waals surface area contributed by atoms with E-state index in [4.69, 9.17) is 10.5 Å². The Morgan fingerprint density at radius 2 is 1.80 bits per heavy atom. The molecule has 2 aromatic carbocycles. The van der Waals surface area contributed by atoms with Crippen molar-refractivity contribution in [1.82, 2.24) is 4.57 Å². The molecule has 1 aromatic heterocycles. The minimum atomic E-state index is -5.10. The topological polar surface area (TPSA) is 102 Å². The summed E-state index contributed by atoms with van der Waals surface area (Å²) in [5.74, 6) is -0.486. The molecule has 1 saturated heterocycles. The highest BCUT2D eigenvalue weighted by Crippen LogP contribution is 2.39. The van der Waals surface area contributed by atoms with Crippen molar-refractivity contribution in [3.63, 3.8) is 0 Å². The van der Waals surface area contributed by atoms with Crippen LogP contribution >= 0.6 is 11.3 Å². The summed E-state index contributed by atoms with van der Waals surface area (Å²) in [4.78, 5) is 12.4. The Morgan fingerprint density at radius 3 is 2.48 bits per heavy atom. The number of nitrogens with two attached hydrogens (primary N) is 1. The predicted molar refractivity (Wildman–Crippen MR) is 135 cm³/mol. The van der Waals surface area contributed by atoms with Gasteiger partial charge in [-0.3, -0.25) is 9.36 Å². The first-order chi connectivity index (χ1) is 18.7. The smallest absolute Gasteiger partial charge is 0.416 e. The van der Waals surface area contributed by atoms with Crippen molar-refractivity contribution >= 4 is 23.1 Å². The molecule has 0 amide bonds. The van der Waals surface area contributed by atoms with Gasteiger partial charge in [-0.15, -0.1) is 0 Å². The Hall–Kier alpha value is -3.49. The average molecular weight is 585 g/mol. The van der Waals surface area contributed by atoms with Crippen LogP contribution in [0.25, 0.3) is 5.57 Å². The van der Waals surface area contributed by atoms with Crippen LogP contribution in [-0.2, 0) is 30.1 Å². The van der Waals surface area contributed by atoms with Crippen molar-refractivity contribution in [3.05, 3.63) is 83.8 Å². The van der Waals surface area contributed by atoms with E-state index in [1.165, 1.54) is 6.21 Å². The fourth-order valence-electron chi connectivity index (χ4n) is 4.75. The molecule has 0 radical (unpaired) electrons. The van der Waals surface area contributed by atoms with E-state index in [2.05, 4.69) is 10.2 Å². The van der Waals surface area contributed by atoms with Crippen LogP contribution in [0.2, 0.25) is 0 Å². The molecule has 5 rings (SSSR count). The lowest BCUT2D eigenvalue weighted by Gasteiger charge is -2.33. The summed E-state index contributed by atoms with van der Waals surface area (Å²) in [6.45, 7) is 0.696. The second kappa shape index (κ2) is 10.2. The van der Waals surface area contributed by atoms with Crippen LogP contribution in [0.15, 0.2) is 51.4 Å². The largest absolute Gasteiger partial charge is 0.493 e. The second-order valence-electron chi connectivity index (χ2n) is 9.72. The Balaban J connectivity index is 1.68. The lowest BCUT2D eigenvalue weighted by atomic mass is 9.91. The normalized spacial score (nSPS) is 17.5. The number of hydrogen-bond donors (Lipinski definition) is 2. The lowest BCUT2D eigenvalue weighted by Crippen LogP contribution is -2.49. The minimum absolute atomic E-state index is 0.0134. The van der Waals surface area contributed by atoms with Gasteiger partial charge in [0.25, 0.3) is 0 Å². The zero-order valence-corrected chi connectivity index (χ0v) is 21.5. The molecule has 14 heteroatoms.